The number of benzene rings is 3. The summed E-state index contributed by atoms with van der Waals surface area (Å²) in [7, 11) is 0. The first-order valence-electron chi connectivity index (χ1n) is 11.4. The molecule has 0 spiro atoms. The third-order valence-corrected chi connectivity index (χ3v) is 6.10. The lowest BCUT2D eigenvalue weighted by Crippen LogP contribution is -2.51. The Hall–Kier alpha value is -2.82. The second-order valence-corrected chi connectivity index (χ2v) is 9.61. The maximum Gasteiger partial charge on any atom is 0.243 e. The minimum absolute atomic E-state index is 0.0750. The molecule has 2 amide bonds. The van der Waals surface area contributed by atoms with Crippen LogP contribution in [0, 0.1) is 5.92 Å². The molecule has 3 aromatic carbocycles. The smallest absolute Gasteiger partial charge is 0.243 e. The highest BCUT2D eigenvalue weighted by Gasteiger charge is 2.30. The van der Waals surface area contributed by atoms with Gasteiger partial charge >= 0.3 is 0 Å². The molecule has 178 valence electrons. The predicted molar refractivity (Wildman–Crippen MR) is 139 cm³/mol. The highest BCUT2D eigenvalue weighted by atomic mass is 35.5. The van der Waals surface area contributed by atoms with Crippen LogP contribution >= 0.6 is 23.2 Å². The first-order chi connectivity index (χ1) is 16.3. The quantitative estimate of drug-likeness (QED) is 0.377. The van der Waals surface area contributed by atoms with Gasteiger partial charge in [0.2, 0.25) is 11.8 Å². The average Bonchev–Trinajstić information content (AvgIpc) is 2.82. The summed E-state index contributed by atoms with van der Waals surface area (Å²) in [5.74, 6) is -0.0368. The molecule has 0 aliphatic rings. The molecule has 1 unspecified atom stereocenters. The van der Waals surface area contributed by atoms with Gasteiger partial charge in [0, 0.05) is 29.6 Å². The lowest BCUT2D eigenvalue weighted by molar-refractivity contribution is -0.140. The Bertz CT molecular complexity index is 1090. The summed E-state index contributed by atoms with van der Waals surface area (Å²) in [5.41, 5.74) is 2.62. The number of nitrogens with one attached hydrogen (secondary N) is 1. The van der Waals surface area contributed by atoms with Crippen LogP contribution in [-0.2, 0) is 29.0 Å². The standard InChI is InChI=1S/C28H30Cl2N2O2/c1-20(2)18-31-28(34)26(15-21-9-5-3-6-10-21)32(19-22-11-7-4-8-12-22)27(33)16-23-13-14-24(29)17-25(23)30/h3-14,17,20,26H,15-16,18-19H2,1-2H3,(H,31,34). The van der Waals surface area contributed by atoms with Gasteiger partial charge in [-0.05, 0) is 34.7 Å². The van der Waals surface area contributed by atoms with E-state index in [-0.39, 0.29) is 18.2 Å². The van der Waals surface area contributed by atoms with E-state index in [0.717, 1.165) is 11.1 Å². The number of carbonyl (C=O) groups excluding carboxylic acids is 2. The Morgan fingerprint density at radius 1 is 0.882 bits per heavy atom. The van der Waals surface area contributed by atoms with Gasteiger partial charge in [0.05, 0.1) is 6.42 Å². The van der Waals surface area contributed by atoms with Crippen molar-refractivity contribution in [2.45, 2.75) is 39.3 Å². The van der Waals surface area contributed by atoms with Gasteiger partial charge in [0.15, 0.2) is 0 Å². The third-order valence-electron chi connectivity index (χ3n) is 5.51. The van der Waals surface area contributed by atoms with Gasteiger partial charge in [-0.3, -0.25) is 9.59 Å². The van der Waals surface area contributed by atoms with E-state index in [1.807, 2.05) is 74.5 Å². The van der Waals surface area contributed by atoms with E-state index < -0.39 is 6.04 Å². The van der Waals surface area contributed by atoms with E-state index in [0.29, 0.717) is 41.0 Å². The molecular formula is C28H30Cl2N2O2. The van der Waals surface area contributed by atoms with Crippen molar-refractivity contribution in [2.24, 2.45) is 5.92 Å². The number of hydrogen-bond acceptors (Lipinski definition) is 2. The third kappa shape index (κ3) is 7.61. The second kappa shape index (κ2) is 12.6. The van der Waals surface area contributed by atoms with Crippen LogP contribution in [0.3, 0.4) is 0 Å². The number of halogens is 2. The van der Waals surface area contributed by atoms with Gasteiger partial charge in [-0.25, -0.2) is 0 Å². The zero-order chi connectivity index (χ0) is 24.5. The molecule has 34 heavy (non-hydrogen) atoms. The molecule has 3 aromatic rings. The minimum atomic E-state index is -0.667. The lowest BCUT2D eigenvalue weighted by Gasteiger charge is -2.32. The van der Waals surface area contributed by atoms with Crippen molar-refractivity contribution in [3.63, 3.8) is 0 Å². The molecule has 0 aromatic heterocycles. The monoisotopic (exact) mass is 496 g/mol. The SMILES string of the molecule is CC(C)CNC(=O)C(Cc1ccccc1)N(Cc1ccccc1)C(=O)Cc1ccc(Cl)cc1Cl. The predicted octanol–water partition coefficient (Wildman–Crippen LogP) is 5.95. The molecule has 4 nitrogen and oxygen atoms in total. The summed E-state index contributed by atoms with van der Waals surface area (Å²) in [4.78, 5) is 28.8. The number of carbonyl (C=O) groups is 2. The zero-order valence-electron chi connectivity index (χ0n) is 19.5. The van der Waals surface area contributed by atoms with Crippen LogP contribution in [0.5, 0.6) is 0 Å². The molecule has 0 saturated heterocycles. The minimum Gasteiger partial charge on any atom is -0.354 e. The molecule has 1 atom stereocenters. The van der Waals surface area contributed by atoms with Crippen molar-refractivity contribution < 1.29 is 9.59 Å². The van der Waals surface area contributed by atoms with Crippen molar-refractivity contribution in [1.29, 1.82) is 0 Å². The molecule has 0 fully saturated rings. The Morgan fingerprint density at radius 2 is 1.50 bits per heavy atom. The Kier molecular flexibility index (Phi) is 9.55. The Morgan fingerprint density at radius 3 is 2.09 bits per heavy atom. The molecule has 0 bridgehead atoms. The van der Waals surface area contributed by atoms with E-state index in [1.165, 1.54) is 0 Å². The second-order valence-electron chi connectivity index (χ2n) is 8.76. The maximum absolute atomic E-state index is 13.7. The van der Waals surface area contributed by atoms with E-state index in [4.69, 9.17) is 23.2 Å². The highest BCUT2D eigenvalue weighted by molar-refractivity contribution is 6.35. The van der Waals surface area contributed by atoms with Crippen molar-refractivity contribution >= 4 is 35.0 Å². The van der Waals surface area contributed by atoms with Crippen LogP contribution in [-0.4, -0.2) is 29.3 Å². The van der Waals surface area contributed by atoms with Gasteiger partial charge in [-0.1, -0.05) is 104 Å². The molecule has 6 heteroatoms. The molecule has 0 saturated carbocycles. The summed E-state index contributed by atoms with van der Waals surface area (Å²) in [6.07, 6.45) is 0.489. The van der Waals surface area contributed by atoms with Gasteiger partial charge in [-0.15, -0.1) is 0 Å². The van der Waals surface area contributed by atoms with E-state index in [9.17, 15) is 9.59 Å². The number of amides is 2. The topological polar surface area (TPSA) is 49.4 Å². The number of nitrogens with zero attached hydrogens (tertiary/aromatic N) is 1. The van der Waals surface area contributed by atoms with Gasteiger partial charge < -0.3 is 10.2 Å². The van der Waals surface area contributed by atoms with Crippen molar-refractivity contribution in [2.75, 3.05) is 6.54 Å². The van der Waals surface area contributed by atoms with Gasteiger partial charge in [-0.2, -0.15) is 0 Å². The van der Waals surface area contributed by atoms with Crippen LogP contribution in [0.2, 0.25) is 10.0 Å². The number of hydrogen-bond donors (Lipinski definition) is 1. The largest absolute Gasteiger partial charge is 0.354 e. The Labute approximate surface area is 211 Å². The zero-order valence-corrected chi connectivity index (χ0v) is 21.0. The summed E-state index contributed by atoms with van der Waals surface area (Å²) < 4.78 is 0. The van der Waals surface area contributed by atoms with E-state index in [1.54, 1.807) is 23.1 Å². The summed E-state index contributed by atoms with van der Waals surface area (Å²) in [6, 6.07) is 23.9. The summed E-state index contributed by atoms with van der Waals surface area (Å²) in [6.45, 7) is 4.95. The maximum atomic E-state index is 13.7. The van der Waals surface area contributed by atoms with E-state index in [2.05, 4.69) is 5.32 Å². The molecule has 0 aliphatic carbocycles. The summed E-state index contributed by atoms with van der Waals surface area (Å²) in [5, 5.41) is 3.98. The van der Waals surface area contributed by atoms with Crippen molar-refractivity contribution in [3.8, 4) is 0 Å². The first-order valence-corrected chi connectivity index (χ1v) is 12.2. The van der Waals surface area contributed by atoms with E-state index >= 15 is 0 Å². The van der Waals surface area contributed by atoms with Gasteiger partial charge in [0.1, 0.15) is 6.04 Å². The van der Waals surface area contributed by atoms with Crippen LogP contribution in [0.15, 0.2) is 78.9 Å². The molecule has 3 rings (SSSR count). The molecule has 0 aliphatic heterocycles. The molecular weight excluding hydrogens is 467 g/mol. The molecule has 0 heterocycles. The van der Waals surface area contributed by atoms with Crippen molar-refractivity contribution in [3.05, 3.63) is 106 Å². The fraction of sp³-hybridized carbons (Fsp3) is 0.286. The molecule has 1 N–H and O–H groups in total. The fourth-order valence-corrected chi connectivity index (χ4v) is 4.16. The van der Waals surface area contributed by atoms with Crippen LogP contribution in [0.4, 0.5) is 0 Å². The number of rotatable bonds is 10. The van der Waals surface area contributed by atoms with Crippen LogP contribution < -0.4 is 5.32 Å². The van der Waals surface area contributed by atoms with Crippen molar-refractivity contribution in [1.82, 2.24) is 10.2 Å². The van der Waals surface area contributed by atoms with Crippen LogP contribution in [0.25, 0.3) is 0 Å². The van der Waals surface area contributed by atoms with Crippen LogP contribution in [0.1, 0.15) is 30.5 Å². The Balaban J connectivity index is 1.95. The average molecular weight is 497 g/mol. The van der Waals surface area contributed by atoms with Gasteiger partial charge in [0.25, 0.3) is 0 Å². The molecule has 0 radical (unpaired) electrons. The summed E-state index contributed by atoms with van der Waals surface area (Å²) >= 11 is 12.4. The lowest BCUT2D eigenvalue weighted by atomic mass is 10.0. The fourth-order valence-electron chi connectivity index (χ4n) is 3.69. The first kappa shape index (κ1) is 25.8. The normalized spacial score (nSPS) is 11.8. The highest BCUT2D eigenvalue weighted by Crippen LogP contribution is 2.23.